The summed E-state index contributed by atoms with van der Waals surface area (Å²) in [7, 11) is 0. The number of aryl methyl sites for hydroxylation is 1. The molecule has 22 heavy (non-hydrogen) atoms. The number of nitrogens with zero attached hydrogens (tertiary/aromatic N) is 1. The summed E-state index contributed by atoms with van der Waals surface area (Å²) >= 11 is 0. The molecular weight excluding hydrogens is 302 g/mol. The fourth-order valence-electron chi connectivity index (χ4n) is 3.56. The summed E-state index contributed by atoms with van der Waals surface area (Å²) in [5.41, 5.74) is 2.52. The largest absolute Gasteiger partial charge is 0.427 e. The van der Waals surface area contributed by atoms with Crippen LogP contribution >= 0.6 is 12.4 Å². The molecular formula is C17H24ClNO3. The smallest absolute Gasteiger partial charge is 0.308 e. The molecule has 0 spiro atoms. The Hall–Kier alpha value is -1.10. The molecule has 0 aromatic heterocycles. The third-order valence-electron chi connectivity index (χ3n) is 4.40. The molecule has 1 aliphatic heterocycles. The van der Waals surface area contributed by atoms with Crippen molar-refractivity contribution in [3.8, 4) is 5.75 Å². The Labute approximate surface area is 138 Å². The maximum absolute atomic E-state index is 11.1. The Balaban J connectivity index is 0.00000176. The highest BCUT2D eigenvalue weighted by atomic mass is 35.5. The van der Waals surface area contributed by atoms with E-state index in [1.54, 1.807) is 0 Å². The van der Waals surface area contributed by atoms with Gasteiger partial charge in [0, 0.05) is 19.5 Å². The van der Waals surface area contributed by atoms with Crippen LogP contribution in [-0.4, -0.2) is 36.6 Å². The lowest BCUT2D eigenvalue weighted by atomic mass is 9.84. The number of carbonyl (C=O) groups is 1. The number of carbonyl (C=O) groups excluding carboxylic acids is 1. The van der Waals surface area contributed by atoms with Gasteiger partial charge in [-0.05, 0) is 49.1 Å². The van der Waals surface area contributed by atoms with Crippen LogP contribution in [-0.2, 0) is 16.0 Å². The minimum absolute atomic E-state index is 0. The number of hydrogen-bond donors (Lipinski definition) is 0. The standard InChI is InChI=1S/C17H23NO3.ClH/c1-3-8-18-9-10-20-17-15-11-14(21-12(2)19)6-4-13(15)5-7-16(17)18;/h4,6,11,16-17H,3,5,7-10H2,1-2H3;1H/t16-,17-;/m1./s1. The lowest BCUT2D eigenvalue weighted by Crippen LogP contribution is -2.49. The van der Waals surface area contributed by atoms with Crippen LogP contribution in [0.25, 0.3) is 0 Å². The summed E-state index contributed by atoms with van der Waals surface area (Å²) in [6.45, 7) is 6.58. The Morgan fingerprint density at radius 2 is 2.27 bits per heavy atom. The van der Waals surface area contributed by atoms with E-state index >= 15 is 0 Å². The Morgan fingerprint density at radius 1 is 1.45 bits per heavy atom. The molecule has 4 nitrogen and oxygen atoms in total. The minimum Gasteiger partial charge on any atom is -0.427 e. The predicted octanol–water partition coefficient (Wildman–Crippen LogP) is 3.13. The first-order chi connectivity index (χ1) is 10.2. The summed E-state index contributed by atoms with van der Waals surface area (Å²) in [6, 6.07) is 6.40. The second kappa shape index (κ2) is 7.44. The molecule has 2 atom stereocenters. The van der Waals surface area contributed by atoms with Crippen molar-refractivity contribution >= 4 is 18.4 Å². The van der Waals surface area contributed by atoms with Crippen LogP contribution in [0.2, 0.25) is 0 Å². The summed E-state index contributed by atoms with van der Waals surface area (Å²) in [5, 5.41) is 0. The Morgan fingerprint density at radius 3 is 3.00 bits per heavy atom. The second-order valence-electron chi connectivity index (χ2n) is 5.89. The van der Waals surface area contributed by atoms with Crippen molar-refractivity contribution < 1.29 is 14.3 Å². The van der Waals surface area contributed by atoms with E-state index in [-0.39, 0.29) is 24.5 Å². The maximum atomic E-state index is 11.1. The Bertz CT molecular complexity index is 533. The lowest BCUT2D eigenvalue weighted by molar-refractivity contribution is -0.131. The van der Waals surface area contributed by atoms with E-state index in [4.69, 9.17) is 9.47 Å². The van der Waals surface area contributed by atoms with Gasteiger partial charge in [-0.25, -0.2) is 0 Å². The lowest BCUT2D eigenvalue weighted by Gasteiger charge is -2.44. The molecule has 1 saturated heterocycles. The molecule has 3 rings (SSSR count). The van der Waals surface area contributed by atoms with Crippen LogP contribution in [0, 0.1) is 0 Å². The summed E-state index contributed by atoms with van der Waals surface area (Å²) < 4.78 is 11.3. The van der Waals surface area contributed by atoms with Crippen molar-refractivity contribution in [2.75, 3.05) is 19.7 Å². The average molecular weight is 326 g/mol. The van der Waals surface area contributed by atoms with E-state index in [1.165, 1.54) is 24.5 Å². The van der Waals surface area contributed by atoms with Gasteiger partial charge in [0.1, 0.15) is 5.75 Å². The number of esters is 1. The number of halogens is 1. The first-order valence-corrected chi connectivity index (χ1v) is 7.86. The van der Waals surface area contributed by atoms with Gasteiger partial charge in [0.25, 0.3) is 0 Å². The van der Waals surface area contributed by atoms with Crippen molar-refractivity contribution in [2.45, 2.75) is 45.3 Å². The van der Waals surface area contributed by atoms with E-state index in [0.717, 1.165) is 32.5 Å². The third kappa shape index (κ3) is 3.45. The fraction of sp³-hybridized carbons (Fsp3) is 0.588. The van der Waals surface area contributed by atoms with Gasteiger partial charge < -0.3 is 9.47 Å². The van der Waals surface area contributed by atoms with Gasteiger partial charge in [0.05, 0.1) is 12.7 Å². The molecule has 0 amide bonds. The van der Waals surface area contributed by atoms with E-state index in [0.29, 0.717) is 11.8 Å². The molecule has 0 saturated carbocycles. The van der Waals surface area contributed by atoms with Gasteiger partial charge in [0.15, 0.2) is 0 Å². The highest BCUT2D eigenvalue weighted by Gasteiger charge is 2.37. The molecule has 1 heterocycles. The quantitative estimate of drug-likeness (QED) is 0.632. The normalized spacial score (nSPS) is 23.9. The third-order valence-corrected chi connectivity index (χ3v) is 4.40. The van der Waals surface area contributed by atoms with E-state index in [2.05, 4.69) is 17.9 Å². The van der Waals surface area contributed by atoms with Crippen LogP contribution in [0.15, 0.2) is 18.2 Å². The molecule has 1 aromatic rings. The Kier molecular flexibility index (Phi) is 5.84. The minimum atomic E-state index is -0.278. The summed E-state index contributed by atoms with van der Waals surface area (Å²) in [4.78, 5) is 13.7. The second-order valence-corrected chi connectivity index (χ2v) is 5.89. The SMILES string of the molecule is CCCN1CCO[C@@H]2c3cc(OC(C)=O)ccc3CC[C@H]21.Cl. The maximum Gasteiger partial charge on any atom is 0.308 e. The average Bonchev–Trinajstić information content (AvgIpc) is 2.47. The highest BCUT2D eigenvalue weighted by molar-refractivity contribution is 5.85. The zero-order valence-corrected chi connectivity index (χ0v) is 14.0. The molecule has 0 radical (unpaired) electrons. The first-order valence-electron chi connectivity index (χ1n) is 7.86. The number of rotatable bonds is 3. The highest BCUT2D eigenvalue weighted by Crippen LogP contribution is 2.39. The molecule has 1 aliphatic carbocycles. The van der Waals surface area contributed by atoms with Gasteiger partial charge in [0.2, 0.25) is 0 Å². The fourth-order valence-corrected chi connectivity index (χ4v) is 3.56. The van der Waals surface area contributed by atoms with E-state index in [1.807, 2.05) is 12.1 Å². The number of fused-ring (bicyclic) bond motifs is 3. The summed E-state index contributed by atoms with van der Waals surface area (Å²) in [5.74, 6) is 0.345. The number of ether oxygens (including phenoxy) is 2. The van der Waals surface area contributed by atoms with Gasteiger partial charge in [-0.15, -0.1) is 12.4 Å². The molecule has 1 fully saturated rings. The zero-order chi connectivity index (χ0) is 14.8. The monoisotopic (exact) mass is 325 g/mol. The van der Waals surface area contributed by atoms with Crippen LogP contribution in [0.5, 0.6) is 5.75 Å². The van der Waals surface area contributed by atoms with Gasteiger partial charge in [-0.1, -0.05) is 13.0 Å². The van der Waals surface area contributed by atoms with Crippen LogP contribution < -0.4 is 4.74 Å². The van der Waals surface area contributed by atoms with Crippen molar-refractivity contribution in [1.29, 1.82) is 0 Å². The molecule has 0 bridgehead atoms. The molecule has 1 aromatic carbocycles. The number of benzene rings is 1. The van der Waals surface area contributed by atoms with Crippen LogP contribution in [0.1, 0.15) is 43.9 Å². The molecule has 122 valence electrons. The molecule has 2 aliphatic rings. The number of morpholine rings is 1. The van der Waals surface area contributed by atoms with Gasteiger partial charge >= 0.3 is 5.97 Å². The van der Waals surface area contributed by atoms with Crippen molar-refractivity contribution in [3.05, 3.63) is 29.3 Å². The van der Waals surface area contributed by atoms with Crippen molar-refractivity contribution in [3.63, 3.8) is 0 Å². The van der Waals surface area contributed by atoms with Crippen LogP contribution in [0.4, 0.5) is 0 Å². The topological polar surface area (TPSA) is 38.8 Å². The summed E-state index contributed by atoms with van der Waals surface area (Å²) in [6.07, 6.45) is 3.50. The van der Waals surface area contributed by atoms with Crippen LogP contribution in [0.3, 0.4) is 0 Å². The van der Waals surface area contributed by atoms with Gasteiger partial charge in [-0.2, -0.15) is 0 Å². The van der Waals surface area contributed by atoms with Gasteiger partial charge in [-0.3, -0.25) is 9.69 Å². The van der Waals surface area contributed by atoms with Crippen molar-refractivity contribution in [2.24, 2.45) is 0 Å². The van der Waals surface area contributed by atoms with E-state index in [9.17, 15) is 4.79 Å². The number of hydrogen-bond acceptors (Lipinski definition) is 4. The van der Waals surface area contributed by atoms with E-state index < -0.39 is 0 Å². The van der Waals surface area contributed by atoms with Crippen molar-refractivity contribution in [1.82, 2.24) is 4.90 Å². The molecule has 5 heteroatoms. The first kappa shape index (κ1) is 17.3. The molecule has 0 N–H and O–H groups in total. The predicted molar refractivity (Wildman–Crippen MR) is 87.7 cm³/mol. The zero-order valence-electron chi connectivity index (χ0n) is 13.2. The molecule has 0 unspecified atom stereocenters.